The maximum Gasteiger partial charge on any atom is 0.144 e. The van der Waals surface area contributed by atoms with Crippen LogP contribution in [0.25, 0.3) is 0 Å². The van der Waals surface area contributed by atoms with Crippen LogP contribution in [0.2, 0.25) is 0 Å². The van der Waals surface area contributed by atoms with Gasteiger partial charge < -0.3 is 5.32 Å². The maximum absolute atomic E-state index is 4.50. The Morgan fingerprint density at radius 3 is 2.53 bits per heavy atom. The summed E-state index contributed by atoms with van der Waals surface area (Å²) in [6, 6.07) is 0. The van der Waals surface area contributed by atoms with Gasteiger partial charge in [0.15, 0.2) is 0 Å². The van der Waals surface area contributed by atoms with Crippen LogP contribution >= 0.6 is 15.9 Å². The third-order valence-corrected chi connectivity index (χ3v) is 3.04. The van der Waals surface area contributed by atoms with Gasteiger partial charge in [0.05, 0.1) is 10.2 Å². The molecule has 0 unspecified atom stereocenters. The monoisotopic (exact) mass is 271 g/mol. The highest BCUT2D eigenvalue weighted by Crippen LogP contribution is 2.24. The summed E-state index contributed by atoms with van der Waals surface area (Å²) in [6.45, 7) is 9.28. The van der Waals surface area contributed by atoms with Crippen LogP contribution in [0.3, 0.4) is 0 Å². The van der Waals surface area contributed by atoms with Gasteiger partial charge in [-0.3, -0.25) is 0 Å². The highest BCUT2D eigenvalue weighted by atomic mass is 79.9. The van der Waals surface area contributed by atoms with E-state index in [1.165, 1.54) is 0 Å². The summed E-state index contributed by atoms with van der Waals surface area (Å²) in [5.41, 5.74) is 0.993. The molecule has 0 atom stereocenters. The van der Waals surface area contributed by atoms with Crippen LogP contribution in [0.15, 0.2) is 4.47 Å². The molecule has 0 saturated heterocycles. The Balaban J connectivity index is 3.02. The number of rotatable bonds is 4. The molecule has 1 rings (SSSR count). The molecule has 1 aromatic rings. The van der Waals surface area contributed by atoms with E-state index < -0.39 is 0 Å². The van der Waals surface area contributed by atoms with Gasteiger partial charge in [0, 0.05) is 12.5 Å². The molecule has 0 fully saturated rings. The standard InChI is InChI=1S/C11H18BrN3/c1-5-6-13-11-9(12)8(4)14-10(15-11)7(2)3/h7H,5-6H2,1-4H3,(H,13,14,15). The molecule has 4 heteroatoms. The summed E-state index contributed by atoms with van der Waals surface area (Å²) >= 11 is 3.51. The Hall–Kier alpha value is -0.640. The Kier molecular flexibility index (Phi) is 4.51. The van der Waals surface area contributed by atoms with Gasteiger partial charge in [0.2, 0.25) is 0 Å². The molecule has 3 nitrogen and oxygen atoms in total. The van der Waals surface area contributed by atoms with E-state index in [4.69, 9.17) is 0 Å². The van der Waals surface area contributed by atoms with Crippen molar-refractivity contribution in [3.05, 3.63) is 16.0 Å². The number of hydrogen-bond acceptors (Lipinski definition) is 3. The molecule has 1 aromatic heterocycles. The van der Waals surface area contributed by atoms with E-state index in [1.54, 1.807) is 0 Å². The first-order valence-corrected chi connectivity index (χ1v) is 6.13. The Morgan fingerprint density at radius 1 is 1.33 bits per heavy atom. The van der Waals surface area contributed by atoms with E-state index >= 15 is 0 Å². The lowest BCUT2D eigenvalue weighted by Gasteiger charge is -2.12. The molecule has 0 amide bonds. The predicted octanol–water partition coefficient (Wildman–Crippen LogP) is 3.49. The molecule has 0 saturated carbocycles. The first-order chi connectivity index (χ1) is 7.06. The fourth-order valence-corrected chi connectivity index (χ4v) is 1.52. The number of nitrogens with one attached hydrogen (secondary N) is 1. The van der Waals surface area contributed by atoms with Gasteiger partial charge in [-0.05, 0) is 29.3 Å². The molecule has 0 aliphatic heterocycles. The summed E-state index contributed by atoms with van der Waals surface area (Å²) in [5.74, 6) is 2.17. The van der Waals surface area contributed by atoms with Crippen LogP contribution in [-0.2, 0) is 0 Å². The molecular weight excluding hydrogens is 254 g/mol. The zero-order chi connectivity index (χ0) is 11.4. The van der Waals surface area contributed by atoms with Crippen LogP contribution in [0, 0.1) is 6.92 Å². The number of anilines is 1. The number of nitrogens with zero attached hydrogens (tertiary/aromatic N) is 2. The molecule has 0 aromatic carbocycles. The number of hydrogen-bond donors (Lipinski definition) is 1. The van der Waals surface area contributed by atoms with Crippen molar-refractivity contribution in [1.82, 2.24) is 9.97 Å². The zero-order valence-electron chi connectivity index (χ0n) is 9.76. The smallest absolute Gasteiger partial charge is 0.144 e. The molecule has 84 valence electrons. The summed E-state index contributed by atoms with van der Waals surface area (Å²) in [5, 5.41) is 3.30. The molecule has 0 bridgehead atoms. The van der Waals surface area contributed by atoms with Crippen molar-refractivity contribution in [3.63, 3.8) is 0 Å². The van der Waals surface area contributed by atoms with Crippen molar-refractivity contribution >= 4 is 21.7 Å². The van der Waals surface area contributed by atoms with Gasteiger partial charge in [-0.2, -0.15) is 0 Å². The zero-order valence-corrected chi connectivity index (χ0v) is 11.3. The molecule has 15 heavy (non-hydrogen) atoms. The second kappa shape index (κ2) is 5.45. The Labute approximate surface area is 99.8 Å². The highest BCUT2D eigenvalue weighted by Gasteiger charge is 2.10. The van der Waals surface area contributed by atoms with E-state index in [2.05, 4.69) is 52.0 Å². The maximum atomic E-state index is 4.50. The molecular formula is C11H18BrN3. The molecule has 1 heterocycles. The normalized spacial score (nSPS) is 10.8. The molecule has 0 aliphatic rings. The van der Waals surface area contributed by atoms with E-state index in [0.29, 0.717) is 5.92 Å². The fraction of sp³-hybridized carbons (Fsp3) is 0.636. The summed E-state index contributed by atoms with van der Waals surface area (Å²) < 4.78 is 0.973. The summed E-state index contributed by atoms with van der Waals surface area (Å²) in [4.78, 5) is 8.94. The van der Waals surface area contributed by atoms with Crippen LogP contribution < -0.4 is 5.32 Å². The van der Waals surface area contributed by atoms with Gasteiger partial charge in [-0.1, -0.05) is 20.8 Å². The van der Waals surface area contributed by atoms with Crippen molar-refractivity contribution in [3.8, 4) is 0 Å². The average Bonchev–Trinajstić information content (AvgIpc) is 2.19. The largest absolute Gasteiger partial charge is 0.369 e. The third kappa shape index (κ3) is 3.16. The van der Waals surface area contributed by atoms with Gasteiger partial charge >= 0.3 is 0 Å². The Morgan fingerprint density at radius 2 is 2.00 bits per heavy atom. The van der Waals surface area contributed by atoms with Crippen LogP contribution in [-0.4, -0.2) is 16.5 Å². The van der Waals surface area contributed by atoms with E-state index in [1.807, 2.05) is 6.92 Å². The summed E-state index contributed by atoms with van der Waals surface area (Å²) in [6.07, 6.45) is 1.09. The van der Waals surface area contributed by atoms with E-state index in [-0.39, 0.29) is 0 Å². The number of aryl methyl sites for hydroxylation is 1. The quantitative estimate of drug-likeness (QED) is 0.911. The minimum absolute atomic E-state index is 0.360. The van der Waals surface area contributed by atoms with Crippen molar-refractivity contribution in [1.29, 1.82) is 0 Å². The van der Waals surface area contributed by atoms with Gasteiger partial charge in [-0.25, -0.2) is 9.97 Å². The second-order valence-corrected chi connectivity index (χ2v) is 4.70. The number of aromatic nitrogens is 2. The van der Waals surface area contributed by atoms with Gasteiger partial charge in [0.25, 0.3) is 0 Å². The lowest BCUT2D eigenvalue weighted by molar-refractivity contribution is 0.763. The van der Waals surface area contributed by atoms with Gasteiger partial charge in [-0.15, -0.1) is 0 Å². The minimum atomic E-state index is 0.360. The SMILES string of the molecule is CCCNc1nc(C(C)C)nc(C)c1Br. The fourth-order valence-electron chi connectivity index (χ4n) is 1.20. The first-order valence-electron chi connectivity index (χ1n) is 5.34. The summed E-state index contributed by atoms with van der Waals surface area (Å²) in [7, 11) is 0. The highest BCUT2D eigenvalue weighted by molar-refractivity contribution is 9.10. The van der Waals surface area contributed by atoms with E-state index in [9.17, 15) is 0 Å². The van der Waals surface area contributed by atoms with Gasteiger partial charge in [0.1, 0.15) is 11.6 Å². The average molecular weight is 272 g/mol. The third-order valence-electron chi connectivity index (χ3n) is 2.09. The topological polar surface area (TPSA) is 37.8 Å². The minimum Gasteiger partial charge on any atom is -0.369 e. The van der Waals surface area contributed by atoms with Crippen LogP contribution in [0.5, 0.6) is 0 Å². The van der Waals surface area contributed by atoms with E-state index in [0.717, 1.165) is 34.8 Å². The second-order valence-electron chi connectivity index (χ2n) is 3.91. The predicted molar refractivity (Wildman–Crippen MR) is 67.3 cm³/mol. The number of halogens is 1. The van der Waals surface area contributed by atoms with Crippen molar-refractivity contribution in [2.45, 2.75) is 40.0 Å². The van der Waals surface area contributed by atoms with Crippen molar-refractivity contribution in [2.24, 2.45) is 0 Å². The molecule has 1 N–H and O–H groups in total. The van der Waals surface area contributed by atoms with Crippen LogP contribution in [0.4, 0.5) is 5.82 Å². The lowest BCUT2D eigenvalue weighted by Crippen LogP contribution is -2.08. The molecule has 0 radical (unpaired) electrons. The van der Waals surface area contributed by atoms with Crippen molar-refractivity contribution in [2.75, 3.05) is 11.9 Å². The first kappa shape index (κ1) is 12.4. The molecule has 0 spiro atoms. The Bertz CT molecular complexity index is 337. The lowest BCUT2D eigenvalue weighted by atomic mass is 10.2. The van der Waals surface area contributed by atoms with Crippen LogP contribution in [0.1, 0.15) is 44.6 Å². The van der Waals surface area contributed by atoms with Crippen molar-refractivity contribution < 1.29 is 0 Å². The molecule has 0 aliphatic carbocycles.